The van der Waals surface area contributed by atoms with Crippen molar-refractivity contribution in [2.45, 2.75) is 191 Å². The van der Waals surface area contributed by atoms with Gasteiger partial charge in [-0.2, -0.15) is 0 Å². The van der Waals surface area contributed by atoms with Gasteiger partial charge in [0.05, 0.1) is 42.2 Å². The highest BCUT2D eigenvalue weighted by Gasteiger charge is 2.53. The number of esters is 1. The van der Waals surface area contributed by atoms with Gasteiger partial charge in [0.25, 0.3) is 11.7 Å². The molecule has 1 aromatic carbocycles. The number of rotatable bonds is 3. The van der Waals surface area contributed by atoms with Gasteiger partial charge < -0.3 is 43.9 Å². The van der Waals surface area contributed by atoms with Gasteiger partial charge in [0.2, 0.25) is 5.79 Å². The lowest BCUT2D eigenvalue weighted by Crippen LogP contribution is -2.61. The molecule has 7 aliphatic rings. The van der Waals surface area contributed by atoms with Crippen LogP contribution >= 0.6 is 0 Å². The lowest BCUT2D eigenvalue weighted by Gasteiger charge is -2.43. The van der Waals surface area contributed by atoms with Gasteiger partial charge in [-0.15, -0.1) is 0 Å². The molecule has 4 fully saturated rings. The number of carbonyl (C=O) groups excluding carboxylic acids is 5. The number of nitrogens with zero attached hydrogens (tertiary/aromatic N) is 4. The summed E-state index contributed by atoms with van der Waals surface area (Å²) in [7, 11) is 2.81. The molecule has 8 bridgehead atoms. The Morgan fingerprint density at radius 1 is 0.737 bits per heavy atom. The van der Waals surface area contributed by atoms with E-state index in [2.05, 4.69) is 0 Å². The average Bonchev–Trinajstić information content (AvgIpc) is 3.70. The lowest BCUT2D eigenvalue weighted by molar-refractivity contribution is -0.265. The Labute approximate surface area is 443 Å². The predicted octanol–water partition coefficient (Wildman–Crippen LogP) is 4.65. The number of ketones is 3. The maximum Gasteiger partial charge on any atom is 0.352 e. The normalized spacial score (nSPS) is 38.4. The molecule has 0 radical (unpaired) electrons. The van der Waals surface area contributed by atoms with Crippen molar-refractivity contribution < 1.29 is 63.0 Å². The average molecular weight is 1060 g/mol. The van der Waals surface area contributed by atoms with Crippen LogP contribution in [0, 0.1) is 29.6 Å². The maximum atomic E-state index is 14.6. The van der Waals surface area contributed by atoms with Crippen molar-refractivity contribution in [3.63, 3.8) is 0 Å². The molecule has 12 unspecified atom stereocenters. The number of hydrogen-bond donors (Lipinski definition) is 3. The fraction of sp³-hybridized carbons (Fsp3) is 0.667. The minimum absolute atomic E-state index is 0.0336. The van der Waals surface area contributed by atoms with Crippen molar-refractivity contribution in [1.82, 2.24) is 18.8 Å². The molecule has 1 saturated carbocycles. The highest BCUT2D eigenvalue weighted by Crippen LogP contribution is 2.39. The Balaban J connectivity index is 1.19. The van der Waals surface area contributed by atoms with E-state index in [1.165, 1.54) is 29.7 Å². The summed E-state index contributed by atoms with van der Waals surface area (Å²) in [4.78, 5) is 103. The van der Waals surface area contributed by atoms with Crippen LogP contribution in [0.2, 0.25) is 0 Å². The molecule has 416 valence electrons. The molecule has 7 heterocycles. The van der Waals surface area contributed by atoms with Crippen LogP contribution in [-0.4, -0.2) is 145 Å². The van der Waals surface area contributed by atoms with E-state index < -0.39 is 131 Å². The monoisotopic (exact) mass is 1060 g/mol. The van der Waals surface area contributed by atoms with Crippen molar-refractivity contribution in [2.24, 2.45) is 29.6 Å². The number of aliphatic hydroxyl groups is 3. The predicted molar refractivity (Wildman–Crippen MR) is 277 cm³/mol. The third kappa shape index (κ3) is 11.5. The number of aromatic nitrogens is 3. The SMILES string of the molecule is COC1CC2CC[C@@H](C)[C@@](O)(O2)C(=O)C(=O)N2CCCC[C@H]2C(=O)OC2CC(=O)C(C=C(C)[C@@H](O)C(OC)C(=O)[C@H](C)CC(C)C3C=CC(/C=C\1C)n1c(=O)n(-c4ccccc4)c(=O)n13)OC1CC(CCC1O)CC2C. The van der Waals surface area contributed by atoms with Crippen LogP contribution < -0.4 is 11.4 Å². The van der Waals surface area contributed by atoms with Crippen molar-refractivity contribution in [1.29, 1.82) is 0 Å². The van der Waals surface area contributed by atoms with Crippen LogP contribution in [-0.2, 0) is 47.7 Å². The number of Topliss-reactive ketones (excluding diaryl/α,β-unsaturated/α-hetero) is 3. The first-order chi connectivity index (χ1) is 36.2. The Morgan fingerprint density at radius 2 is 1.46 bits per heavy atom. The summed E-state index contributed by atoms with van der Waals surface area (Å²) in [6.07, 6.45) is 2.55. The maximum absolute atomic E-state index is 14.6. The molecule has 19 nitrogen and oxygen atoms in total. The smallest absolute Gasteiger partial charge is 0.352 e. The molecule has 3 saturated heterocycles. The van der Waals surface area contributed by atoms with E-state index in [1.807, 2.05) is 32.9 Å². The van der Waals surface area contributed by atoms with Gasteiger partial charge in [0.15, 0.2) is 11.6 Å². The van der Waals surface area contributed by atoms with Crippen LogP contribution in [0.25, 0.3) is 5.69 Å². The van der Waals surface area contributed by atoms with E-state index >= 15 is 0 Å². The largest absolute Gasteiger partial charge is 0.460 e. The topological polar surface area (TPSA) is 244 Å². The number of methoxy groups -OCH3 is 2. The number of allylic oxidation sites excluding steroid dienone is 3. The molecule has 1 aromatic heterocycles. The van der Waals surface area contributed by atoms with Gasteiger partial charge in [0, 0.05) is 45.4 Å². The molecular formula is C57H78N4O15. The van der Waals surface area contributed by atoms with Gasteiger partial charge >= 0.3 is 17.3 Å². The second-order valence-corrected chi connectivity index (χ2v) is 22.6. The first-order valence-corrected chi connectivity index (χ1v) is 27.3. The zero-order valence-corrected chi connectivity index (χ0v) is 45.2. The third-order valence-electron chi connectivity index (χ3n) is 17.3. The summed E-state index contributed by atoms with van der Waals surface area (Å²) in [6.45, 7) is 10.5. The van der Waals surface area contributed by atoms with E-state index in [9.17, 15) is 48.9 Å². The molecular weight excluding hydrogens is 981 g/mol. The second kappa shape index (κ2) is 23.8. The number of ether oxygens (including phenoxy) is 5. The molecule has 1 aliphatic carbocycles. The number of carbonyl (C=O) groups is 5. The molecule has 0 spiro atoms. The number of hydrogen-bond acceptors (Lipinski definition) is 15. The van der Waals surface area contributed by atoms with Crippen LogP contribution in [0.5, 0.6) is 0 Å². The van der Waals surface area contributed by atoms with E-state index in [4.69, 9.17) is 23.7 Å². The Bertz CT molecular complexity index is 2690. The summed E-state index contributed by atoms with van der Waals surface area (Å²) in [6, 6.07) is 5.85. The number of amides is 1. The van der Waals surface area contributed by atoms with Crippen molar-refractivity contribution in [2.75, 3.05) is 20.8 Å². The molecule has 3 N–H and O–H groups in total. The van der Waals surface area contributed by atoms with Crippen LogP contribution in [0.15, 0.2) is 75.4 Å². The van der Waals surface area contributed by atoms with E-state index in [0.717, 1.165) is 9.47 Å². The highest BCUT2D eigenvalue weighted by molar-refractivity contribution is 6.39. The van der Waals surface area contributed by atoms with Gasteiger partial charge in [-0.3, -0.25) is 19.2 Å². The summed E-state index contributed by atoms with van der Waals surface area (Å²) in [5.74, 6) is -8.89. The first-order valence-electron chi connectivity index (χ1n) is 27.3. The summed E-state index contributed by atoms with van der Waals surface area (Å²) in [5.41, 5.74) is -0.00318. The molecule has 19 heteroatoms. The van der Waals surface area contributed by atoms with Crippen molar-refractivity contribution in [3.05, 3.63) is 86.8 Å². The molecule has 6 aliphatic heterocycles. The minimum Gasteiger partial charge on any atom is -0.460 e. The van der Waals surface area contributed by atoms with Crippen molar-refractivity contribution in [3.8, 4) is 5.69 Å². The fourth-order valence-electron chi connectivity index (χ4n) is 12.7. The molecule has 76 heavy (non-hydrogen) atoms. The fourth-order valence-corrected chi connectivity index (χ4v) is 12.7. The third-order valence-corrected chi connectivity index (χ3v) is 17.3. The number of fused-ring (bicyclic) bond motifs is 12. The van der Waals surface area contributed by atoms with Gasteiger partial charge in [-0.05, 0) is 125 Å². The minimum atomic E-state index is -2.55. The van der Waals surface area contributed by atoms with Gasteiger partial charge in [0.1, 0.15) is 30.5 Å². The summed E-state index contributed by atoms with van der Waals surface area (Å²) >= 11 is 0. The number of aliphatic hydroxyl groups excluding tert-OH is 2. The van der Waals surface area contributed by atoms with Crippen molar-refractivity contribution >= 4 is 29.2 Å². The van der Waals surface area contributed by atoms with E-state index in [0.29, 0.717) is 62.6 Å². The van der Waals surface area contributed by atoms with Gasteiger partial charge in [-0.25, -0.2) is 28.3 Å². The first kappa shape index (κ1) is 57.0. The number of piperidine rings is 1. The molecule has 2 aromatic rings. The van der Waals surface area contributed by atoms with Crippen LogP contribution in [0.3, 0.4) is 0 Å². The van der Waals surface area contributed by atoms with E-state index in [1.54, 1.807) is 57.2 Å². The highest BCUT2D eigenvalue weighted by atomic mass is 16.6. The molecule has 9 rings (SSSR count). The number of para-hydroxylation sites is 1. The molecule has 1 amide bonds. The Morgan fingerprint density at radius 3 is 2.17 bits per heavy atom. The zero-order chi connectivity index (χ0) is 54.9. The quantitative estimate of drug-likeness (QED) is 0.215. The second-order valence-electron chi connectivity index (χ2n) is 22.6. The summed E-state index contributed by atoms with van der Waals surface area (Å²) in [5, 5.41) is 35.2. The zero-order valence-electron chi connectivity index (χ0n) is 45.2. The van der Waals surface area contributed by atoms with Crippen LogP contribution in [0.4, 0.5) is 0 Å². The standard InChI is InChI=1S/C57H78N4O15/c1-31-24-34(4)49(64)51(73-8)50(65)35(5)27-47-44(63)30-46(32(2)25-37-18-22-43(62)48(28-37)74-47)75-54(68)42-16-12-13-23-58(42)53(67)52(66)57(71)36(6)17-20-40(76-57)29-45(72-7)33(3)26-39-19-21-41(31)61-56(70)59(55(69)60(39)61)38-14-10-9-11-15-38/h9-11,14-15,19,21,26-27,31-32,34,36-37,39-43,45-48,50-51,62,65,71H,12-13,16-18,20,22-25,28-30H2,1-8H3/b33-26-,35-27?/t31?,32?,34-,36-,37?,39?,40?,41?,42+,43?,45?,46?,47?,48?,50-,51?,57-/m1/s1. The van der Waals surface area contributed by atoms with E-state index in [-0.39, 0.29) is 49.6 Å². The lowest BCUT2D eigenvalue weighted by atomic mass is 9.78. The Hall–Kier alpha value is -5.15. The number of benzene rings is 1. The van der Waals surface area contributed by atoms with Gasteiger partial charge in [-0.1, -0.05) is 64.1 Å². The summed E-state index contributed by atoms with van der Waals surface area (Å²) < 4.78 is 34.5. The Kier molecular flexibility index (Phi) is 17.9. The molecule has 17 atom stereocenters. The van der Waals surface area contributed by atoms with Crippen LogP contribution in [0.1, 0.15) is 131 Å².